The van der Waals surface area contributed by atoms with Gasteiger partial charge in [-0.3, -0.25) is 0 Å². The zero-order valence-corrected chi connectivity index (χ0v) is 9.76. The van der Waals surface area contributed by atoms with Crippen molar-refractivity contribution >= 4 is 5.69 Å². The number of hydrogen-bond acceptors (Lipinski definition) is 3. The highest BCUT2D eigenvalue weighted by Crippen LogP contribution is 2.26. The molecule has 0 saturated heterocycles. The molecule has 2 unspecified atom stereocenters. The van der Waals surface area contributed by atoms with Crippen LogP contribution in [-0.2, 0) is 6.42 Å². The van der Waals surface area contributed by atoms with E-state index >= 15 is 0 Å². The first kappa shape index (κ1) is 11.4. The fourth-order valence-electron chi connectivity index (χ4n) is 2.28. The summed E-state index contributed by atoms with van der Waals surface area (Å²) in [5, 5.41) is 9.74. The van der Waals surface area contributed by atoms with Gasteiger partial charge in [-0.25, -0.2) is 0 Å². The summed E-state index contributed by atoms with van der Waals surface area (Å²) >= 11 is 0. The lowest BCUT2D eigenvalue weighted by molar-refractivity contribution is 0.174. The molecule has 3 N–H and O–H groups in total. The Labute approximate surface area is 96.9 Å². The average Bonchev–Trinajstić information content (AvgIpc) is 2.28. The van der Waals surface area contributed by atoms with Gasteiger partial charge in [0.1, 0.15) is 0 Å². The summed E-state index contributed by atoms with van der Waals surface area (Å²) in [6.07, 6.45) is 1.46. The summed E-state index contributed by atoms with van der Waals surface area (Å²) in [5.41, 5.74) is 8.56. The summed E-state index contributed by atoms with van der Waals surface area (Å²) in [7, 11) is 0. The Bertz CT molecular complexity index is 354. The minimum absolute atomic E-state index is 0.180. The highest BCUT2D eigenvalue weighted by atomic mass is 16.3. The molecule has 1 aliphatic heterocycles. The summed E-state index contributed by atoms with van der Waals surface area (Å²) in [6.45, 7) is 3.52. The minimum Gasteiger partial charge on any atom is -0.391 e. The van der Waals surface area contributed by atoms with E-state index in [1.54, 1.807) is 0 Å². The van der Waals surface area contributed by atoms with E-state index in [4.69, 9.17) is 5.73 Å². The predicted molar refractivity (Wildman–Crippen MR) is 66.6 cm³/mol. The Balaban J connectivity index is 2.20. The number of aliphatic hydroxyl groups is 1. The zero-order chi connectivity index (χ0) is 11.5. The smallest absolute Gasteiger partial charge is 0.0712 e. The fourth-order valence-corrected chi connectivity index (χ4v) is 2.28. The number of rotatable bonds is 3. The zero-order valence-electron chi connectivity index (χ0n) is 9.76. The quantitative estimate of drug-likeness (QED) is 0.803. The molecule has 0 aliphatic carbocycles. The van der Waals surface area contributed by atoms with Crippen LogP contribution in [0.1, 0.15) is 18.9 Å². The van der Waals surface area contributed by atoms with Crippen molar-refractivity contribution in [2.24, 2.45) is 5.73 Å². The molecule has 3 nitrogen and oxygen atoms in total. The molecule has 1 aliphatic rings. The van der Waals surface area contributed by atoms with Crippen LogP contribution in [0.2, 0.25) is 0 Å². The van der Waals surface area contributed by atoms with E-state index in [9.17, 15) is 5.11 Å². The Hall–Kier alpha value is -1.06. The van der Waals surface area contributed by atoms with Crippen LogP contribution in [-0.4, -0.2) is 30.3 Å². The molecule has 0 spiro atoms. The van der Waals surface area contributed by atoms with Gasteiger partial charge in [-0.15, -0.1) is 0 Å². The van der Waals surface area contributed by atoms with Gasteiger partial charge in [-0.2, -0.15) is 0 Å². The van der Waals surface area contributed by atoms with Crippen LogP contribution < -0.4 is 10.6 Å². The Morgan fingerprint density at radius 1 is 1.50 bits per heavy atom. The highest BCUT2D eigenvalue weighted by molar-refractivity contribution is 5.56. The van der Waals surface area contributed by atoms with Crippen molar-refractivity contribution in [3.05, 3.63) is 29.8 Å². The SMILES string of the molecule is CCC(O)CN1CC(N)Cc2ccccc21. The van der Waals surface area contributed by atoms with Gasteiger partial charge >= 0.3 is 0 Å². The van der Waals surface area contributed by atoms with Gasteiger partial charge in [0.25, 0.3) is 0 Å². The highest BCUT2D eigenvalue weighted by Gasteiger charge is 2.22. The van der Waals surface area contributed by atoms with Gasteiger partial charge in [0.05, 0.1) is 6.10 Å². The number of benzene rings is 1. The minimum atomic E-state index is -0.265. The largest absolute Gasteiger partial charge is 0.391 e. The predicted octanol–water partition coefficient (Wildman–Crippen LogP) is 1.15. The Kier molecular flexibility index (Phi) is 3.46. The molecule has 16 heavy (non-hydrogen) atoms. The van der Waals surface area contributed by atoms with Crippen molar-refractivity contribution in [2.75, 3.05) is 18.0 Å². The lowest BCUT2D eigenvalue weighted by atomic mass is 9.98. The second-order valence-corrected chi connectivity index (χ2v) is 4.56. The first-order valence-electron chi connectivity index (χ1n) is 5.97. The molecule has 1 heterocycles. The van der Waals surface area contributed by atoms with Gasteiger partial charge in [0.2, 0.25) is 0 Å². The number of β-amino-alcohol motifs (C(OH)–C–C–N with tert-alkyl or cyclic N) is 1. The van der Waals surface area contributed by atoms with E-state index in [1.165, 1.54) is 11.3 Å². The average molecular weight is 220 g/mol. The van der Waals surface area contributed by atoms with Crippen LogP contribution in [0.15, 0.2) is 24.3 Å². The van der Waals surface area contributed by atoms with E-state index in [0.29, 0.717) is 6.54 Å². The van der Waals surface area contributed by atoms with Gasteiger partial charge in [-0.05, 0) is 24.5 Å². The van der Waals surface area contributed by atoms with Crippen LogP contribution in [0, 0.1) is 0 Å². The topological polar surface area (TPSA) is 49.5 Å². The molecule has 0 bridgehead atoms. The fraction of sp³-hybridized carbons (Fsp3) is 0.538. The van der Waals surface area contributed by atoms with Crippen molar-refractivity contribution in [2.45, 2.75) is 31.9 Å². The number of anilines is 1. The van der Waals surface area contributed by atoms with E-state index in [0.717, 1.165) is 19.4 Å². The molecular formula is C13H20N2O. The van der Waals surface area contributed by atoms with Gasteiger partial charge in [0, 0.05) is 24.8 Å². The third kappa shape index (κ3) is 2.36. The molecule has 3 heteroatoms. The molecule has 2 atom stereocenters. The third-order valence-corrected chi connectivity index (χ3v) is 3.17. The van der Waals surface area contributed by atoms with Crippen molar-refractivity contribution in [3.63, 3.8) is 0 Å². The van der Waals surface area contributed by atoms with Gasteiger partial charge in [-0.1, -0.05) is 25.1 Å². The van der Waals surface area contributed by atoms with Crippen LogP contribution in [0.25, 0.3) is 0 Å². The van der Waals surface area contributed by atoms with E-state index in [1.807, 2.05) is 19.1 Å². The van der Waals surface area contributed by atoms with E-state index in [2.05, 4.69) is 17.0 Å². The summed E-state index contributed by atoms with van der Waals surface area (Å²) < 4.78 is 0. The molecule has 0 amide bonds. The molecular weight excluding hydrogens is 200 g/mol. The van der Waals surface area contributed by atoms with Crippen molar-refractivity contribution in [1.29, 1.82) is 0 Å². The van der Waals surface area contributed by atoms with Crippen molar-refractivity contribution in [1.82, 2.24) is 0 Å². The number of aliphatic hydroxyl groups excluding tert-OH is 1. The number of nitrogens with two attached hydrogens (primary N) is 1. The monoisotopic (exact) mass is 220 g/mol. The second kappa shape index (κ2) is 4.85. The molecule has 1 aromatic rings. The molecule has 1 aromatic carbocycles. The number of para-hydroxylation sites is 1. The first-order valence-corrected chi connectivity index (χ1v) is 5.97. The summed E-state index contributed by atoms with van der Waals surface area (Å²) in [4.78, 5) is 2.21. The van der Waals surface area contributed by atoms with Crippen LogP contribution in [0.5, 0.6) is 0 Å². The number of nitrogens with zero attached hydrogens (tertiary/aromatic N) is 1. The summed E-state index contributed by atoms with van der Waals surface area (Å²) in [5.74, 6) is 0. The normalized spacial score (nSPS) is 21.7. The molecule has 0 aromatic heterocycles. The Morgan fingerprint density at radius 3 is 3.00 bits per heavy atom. The van der Waals surface area contributed by atoms with Crippen LogP contribution in [0.4, 0.5) is 5.69 Å². The molecule has 0 saturated carbocycles. The van der Waals surface area contributed by atoms with Crippen molar-refractivity contribution in [3.8, 4) is 0 Å². The Morgan fingerprint density at radius 2 is 2.25 bits per heavy atom. The van der Waals surface area contributed by atoms with Crippen LogP contribution in [0.3, 0.4) is 0 Å². The van der Waals surface area contributed by atoms with E-state index < -0.39 is 0 Å². The maximum Gasteiger partial charge on any atom is 0.0712 e. The lowest BCUT2D eigenvalue weighted by Crippen LogP contribution is -2.46. The molecule has 0 fully saturated rings. The number of hydrogen-bond donors (Lipinski definition) is 2. The van der Waals surface area contributed by atoms with E-state index in [-0.39, 0.29) is 12.1 Å². The molecule has 88 valence electrons. The second-order valence-electron chi connectivity index (χ2n) is 4.56. The van der Waals surface area contributed by atoms with Crippen LogP contribution >= 0.6 is 0 Å². The van der Waals surface area contributed by atoms with Gasteiger partial charge in [0.15, 0.2) is 0 Å². The third-order valence-electron chi connectivity index (χ3n) is 3.17. The molecule has 2 rings (SSSR count). The van der Waals surface area contributed by atoms with Gasteiger partial charge < -0.3 is 15.7 Å². The lowest BCUT2D eigenvalue weighted by Gasteiger charge is -2.35. The standard InChI is InChI=1S/C13H20N2O/c1-2-12(16)9-15-8-11(14)7-10-5-3-4-6-13(10)15/h3-6,11-12,16H,2,7-9,14H2,1H3. The number of fused-ring (bicyclic) bond motifs is 1. The molecule has 0 radical (unpaired) electrons. The summed E-state index contributed by atoms with van der Waals surface area (Å²) in [6, 6.07) is 8.51. The maximum absolute atomic E-state index is 9.74. The first-order chi connectivity index (χ1) is 7.70. The van der Waals surface area contributed by atoms with Crippen molar-refractivity contribution < 1.29 is 5.11 Å². The maximum atomic E-state index is 9.74.